The molecule has 0 saturated heterocycles. The summed E-state index contributed by atoms with van der Waals surface area (Å²) in [6.07, 6.45) is -3.44. The van der Waals surface area contributed by atoms with Crippen molar-refractivity contribution in [2.24, 2.45) is 0 Å². The van der Waals surface area contributed by atoms with E-state index in [-0.39, 0.29) is 25.8 Å². The highest BCUT2D eigenvalue weighted by Crippen LogP contribution is 2.29. The lowest BCUT2D eigenvalue weighted by atomic mass is 9.81. The smallest absolute Gasteiger partial charge is 0.488 e. The molecule has 0 heterocycles. The first kappa shape index (κ1) is 27.9. The Morgan fingerprint density at radius 2 is 1.86 bits per heavy atom. The molecule has 0 aliphatic heterocycles. The number of carbonyl (C=O) groups excluding carboxylic acids is 1. The molecule has 0 aliphatic carbocycles. The Balaban J connectivity index is 2.19. The fourth-order valence-electron chi connectivity index (χ4n) is 3.25. The highest BCUT2D eigenvalue weighted by molar-refractivity contribution is 6.48. The molecule has 0 radical (unpaired) electrons. The molecular formula is C24H28BF3N2O5. The second-order valence-electron chi connectivity index (χ2n) is 8.36. The molecule has 2 aromatic carbocycles. The Morgan fingerprint density at radius 1 is 1.20 bits per heavy atom. The van der Waals surface area contributed by atoms with Gasteiger partial charge in [0.1, 0.15) is 12.4 Å². The summed E-state index contributed by atoms with van der Waals surface area (Å²) in [6, 6.07) is 9.84. The van der Waals surface area contributed by atoms with Gasteiger partial charge in [-0.15, -0.1) is 13.2 Å². The summed E-state index contributed by atoms with van der Waals surface area (Å²) in [7, 11) is -0.255. The number of nitriles is 1. The lowest BCUT2D eigenvalue weighted by molar-refractivity contribution is -0.274. The quantitative estimate of drug-likeness (QED) is 0.467. The zero-order valence-electron chi connectivity index (χ0n) is 20.0. The van der Waals surface area contributed by atoms with Crippen LogP contribution in [0.3, 0.4) is 0 Å². The van der Waals surface area contributed by atoms with E-state index in [0.29, 0.717) is 17.0 Å². The maximum Gasteiger partial charge on any atom is 0.573 e. The van der Waals surface area contributed by atoms with E-state index in [1.165, 1.54) is 6.92 Å². The monoisotopic (exact) mass is 492 g/mol. The van der Waals surface area contributed by atoms with Crippen LogP contribution in [0.5, 0.6) is 17.2 Å². The van der Waals surface area contributed by atoms with E-state index in [1.54, 1.807) is 6.07 Å². The average molecular weight is 492 g/mol. The molecule has 2 rings (SSSR count). The van der Waals surface area contributed by atoms with Crippen LogP contribution in [-0.2, 0) is 6.42 Å². The molecule has 0 aromatic heterocycles. The maximum absolute atomic E-state index is 12.6. The number of nitrogens with zero attached hydrogens (tertiary/aromatic N) is 1. The second-order valence-corrected chi connectivity index (χ2v) is 8.36. The molecule has 188 valence electrons. The molecule has 0 aliphatic rings. The zero-order chi connectivity index (χ0) is 26.2. The summed E-state index contributed by atoms with van der Waals surface area (Å²) in [5, 5.41) is 22.2. The largest absolute Gasteiger partial charge is 0.573 e. The van der Waals surface area contributed by atoms with Crippen LogP contribution in [0.1, 0.15) is 50.0 Å². The SMILES string of the molecule is CCCc1ccc(OCC(C)(C#N)NC(=O)c2ccc(OC(F)(F)F)cc2)c(OC(C)C)c1BO. The summed E-state index contributed by atoms with van der Waals surface area (Å²) in [4.78, 5) is 12.6. The van der Waals surface area contributed by atoms with E-state index >= 15 is 0 Å². The maximum atomic E-state index is 12.6. The third-order valence-corrected chi connectivity index (χ3v) is 4.86. The van der Waals surface area contributed by atoms with E-state index in [0.717, 1.165) is 42.7 Å². The van der Waals surface area contributed by atoms with Crippen molar-refractivity contribution in [3.8, 4) is 23.3 Å². The van der Waals surface area contributed by atoms with Crippen molar-refractivity contribution in [2.75, 3.05) is 6.61 Å². The number of carbonyl (C=O) groups is 1. The lowest BCUT2D eigenvalue weighted by Gasteiger charge is -2.25. The van der Waals surface area contributed by atoms with Gasteiger partial charge in [-0.1, -0.05) is 19.4 Å². The third kappa shape index (κ3) is 8.10. The number of nitrogens with one attached hydrogen (secondary N) is 1. The lowest BCUT2D eigenvalue weighted by Crippen LogP contribution is -2.49. The fourth-order valence-corrected chi connectivity index (χ4v) is 3.25. The molecule has 7 nitrogen and oxygen atoms in total. The van der Waals surface area contributed by atoms with Crippen molar-refractivity contribution in [3.05, 3.63) is 47.5 Å². The van der Waals surface area contributed by atoms with Crippen molar-refractivity contribution in [1.82, 2.24) is 5.32 Å². The molecule has 1 unspecified atom stereocenters. The van der Waals surface area contributed by atoms with Crippen molar-refractivity contribution in [3.63, 3.8) is 0 Å². The highest BCUT2D eigenvalue weighted by atomic mass is 19.4. The minimum absolute atomic E-state index is 0.0383. The topological polar surface area (TPSA) is 101 Å². The average Bonchev–Trinajstić information content (AvgIpc) is 2.78. The molecule has 1 amide bonds. The Hall–Kier alpha value is -3.39. The zero-order valence-corrected chi connectivity index (χ0v) is 20.0. The van der Waals surface area contributed by atoms with Crippen LogP contribution in [0.2, 0.25) is 0 Å². The van der Waals surface area contributed by atoms with Crippen LogP contribution in [0.4, 0.5) is 13.2 Å². The summed E-state index contributed by atoms with van der Waals surface area (Å²) >= 11 is 0. The van der Waals surface area contributed by atoms with E-state index < -0.39 is 23.6 Å². The fraction of sp³-hybridized carbons (Fsp3) is 0.417. The van der Waals surface area contributed by atoms with Gasteiger partial charge in [-0.05, 0) is 68.6 Å². The van der Waals surface area contributed by atoms with Gasteiger partial charge in [0.15, 0.2) is 17.0 Å². The van der Waals surface area contributed by atoms with Crippen LogP contribution in [0, 0.1) is 11.3 Å². The Morgan fingerprint density at radius 3 is 2.37 bits per heavy atom. The molecule has 2 N–H and O–H groups in total. The molecule has 0 fully saturated rings. The molecule has 1 atom stereocenters. The van der Waals surface area contributed by atoms with Gasteiger partial charge >= 0.3 is 13.8 Å². The number of hydrogen-bond donors (Lipinski definition) is 2. The summed E-state index contributed by atoms with van der Waals surface area (Å²) < 4.78 is 52.5. The van der Waals surface area contributed by atoms with Gasteiger partial charge in [0, 0.05) is 5.56 Å². The number of benzene rings is 2. The van der Waals surface area contributed by atoms with Gasteiger partial charge in [0.25, 0.3) is 5.91 Å². The minimum atomic E-state index is -4.84. The number of rotatable bonds is 11. The molecule has 2 aromatic rings. The Bertz CT molecular complexity index is 1050. The third-order valence-electron chi connectivity index (χ3n) is 4.86. The van der Waals surface area contributed by atoms with Gasteiger partial charge in [-0.2, -0.15) is 5.26 Å². The first-order valence-corrected chi connectivity index (χ1v) is 11.1. The van der Waals surface area contributed by atoms with Crippen molar-refractivity contribution >= 4 is 18.9 Å². The van der Waals surface area contributed by atoms with Crippen molar-refractivity contribution < 1.29 is 37.2 Å². The summed E-state index contributed by atoms with van der Waals surface area (Å²) in [5.41, 5.74) is 0.0833. The van der Waals surface area contributed by atoms with E-state index in [2.05, 4.69) is 10.1 Å². The van der Waals surface area contributed by atoms with Crippen molar-refractivity contribution in [1.29, 1.82) is 5.26 Å². The molecule has 0 bridgehead atoms. The van der Waals surface area contributed by atoms with Gasteiger partial charge in [0.2, 0.25) is 0 Å². The van der Waals surface area contributed by atoms with Gasteiger partial charge < -0.3 is 24.6 Å². The molecule has 35 heavy (non-hydrogen) atoms. The Labute approximate surface area is 203 Å². The minimum Gasteiger partial charge on any atom is -0.488 e. The van der Waals surface area contributed by atoms with Crippen LogP contribution >= 0.6 is 0 Å². The number of hydrogen-bond acceptors (Lipinski definition) is 6. The van der Waals surface area contributed by atoms with Gasteiger partial charge in [-0.25, -0.2) is 0 Å². The highest BCUT2D eigenvalue weighted by Gasteiger charge is 2.32. The van der Waals surface area contributed by atoms with E-state index in [1.807, 2.05) is 32.9 Å². The predicted molar refractivity (Wildman–Crippen MR) is 125 cm³/mol. The number of halogens is 3. The molecule has 0 spiro atoms. The summed E-state index contributed by atoms with van der Waals surface area (Å²) in [5.74, 6) is -0.458. The number of ether oxygens (including phenoxy) is 3. The van der Waals surface area contributed by atoms with Crippen LogP contribution in [0.15, 0.2) is 36.4 Å². The van der Waals surface area contributed by atoms with E-state index in [4.69, 9.17) is 9.47 Å². The predicted octanol–water partition coefficient (Wildman–Crippen LogP) is 3.39. The molecule has 0 saturated carbocycles. The van der Waals surface area contributed by atoms with Gasteiger partial charge in [-0.3, -0.25) is 4.79 Å². The van der Waals surface area contributed by atoms with Crippen LogP contribution < -0.4 is 25.0 Å². The number of aryl methyl sites for hydroxylation is 1. The first-order chi connectivity index (χ1) is 16.4. The van der Waals surface area contributed by atoms with Crippen LogP contribution in [0.25, 0.3) is 0 Å². The van der Waals surface area contributed by atoms with E-state index in [9.17, 15) is 28.3 Å². The first-order valence-electron chi connectivity index (χ1n) is 11.1. The molecule has 11 heteroatoms. The second kappa shape index (κ2) is 11.8. The number of alkyl halides is 3. The summed E-state index contributed by atoms with van der Waals surface area (Å²) in [6.45, 7) is 6.89. The van der Waals surface area contributed by atoms with Crippen LogP contribution in [-0.4, -0.2) is 43.0 Å². The normalized spacial score (nSPS) is 12.9. The Kier molecular flexibility index (Phi) is 9.43. The van der Waals surface area contributed by atoms with Gasteiger partial charge in [0.05, 0.1) is 12.2 Å². The van der Waals surface area contributed by atoms with Crippen molar-refractivity contribution in [2.45, 2.75) is 58.5 Å². The number of amides is 1. The standard InChI is InChI=1S/C24H28BF3N2O5/c1-5-6-16-9-12-19(21(20(16)25-32)34-15(2)3)33-14-23(4,13-29)30-22(31)17-7-10-18(11-8-17)35-24(26,27)28/h7-12,15,25,32H,5-6,14H2,1-4H3,(H,30,31). The molecular weight excluding hydrogens is 464 g/mol.